The van der Waals surface area contributed by atoms with Gasteiger partial charge in [-0.2, -0.15) is 9.97 Å². The molecule has 0 radical (unpaired) electrons. The molecule has 0 unspecified atom stereocenters. The van der Waals surface area contributed by atoms with E-state index in [1.54, 1.807) is 6.07 Å². The van der Waals surface area contributed by atoms with Crippen molar-refractivity contribution in [3.8, 4) is 11.8 Å². The molecule has 1 aromatic carbocycles. The minimum absolute atomic E-state index is 0.123. The molecule has 0 bridgehead atoms. The van der Waals surface area contributed by atoms with Crippen molar-refractivity contribution in [3.05, 3.63) is 52.4 Å². The van der Waals surface area contributed by atoms with Crippen LogP contribution in [0.15, 0.2) is 40.4 Å². The number of fused-ring (bicyclic) bond motifs is 1. The van der Waals surface area contributed by atoms with E-state index in [1.807, 2.05) is 38.1 Å². The molecule has 200 valence electrons. The number of ether oxygens (including phenoxy) is 1. The van der Waals surface area contributed by atoms with Gasteiger partial charge in [0.05, 0.1) is 6.54 Å². The molecule has 2 fully saturated rings. The zero-order chi connectivity index (χ0) is 26.1. The number of amidine groups is 1. The number of piperazine rings is 1. The molecule has 6 rings (SSSR count). The van der Waals surface area contributed by atoms with Gasteiger partial charge in [0, 0.05) is 50.9 Å². The van der Waals surface area contributed by atoms with Crippen LogP contribution in [-0.2, 0) is 6.42 Å². The number of allylic oxidation sites excluding steroid dienone is 1. The Labute approximate surface area is 223 Å². The maximum Gasteiger partial charge on any atom is 0.326 e. The number of rotatable bonds is 7. The molecule has 0 atom stereocenters. The van der Waals surface area contributed by atoms with Gasteiger partial charge in [-0.25, -0.2) is 4.39 Å². The number of benzene rings is 1. The van der Waals surface area contributed by atoms with Crippen LogP contribution in [0.2, 0.25) is 0 Å². The van der Waals surface area contributed by atoms with Gasteiger partial charge in [0.1, 0.15) is 17.5 Å². The number of anilines is 2. The standard InChI is InChI=1S/C29H36FN7O/c1-20-15-22-5-6-24(28(30)23(22)16-20)38-29-33-26(32-25-17-21(2)19-31-25)18-27(34-29)37-13-11-36(12-14-37)10-9-35-7-3-4-8-35/h5-6,16-18H,3-4,7-15,19H2,1-2H3,(H,31,32,33,34). The fourth-order valence-corrected chi connectivity index (χ4v) is 5.61. The largest absolute Gasteiger partial charge is 0.421 e. The highest BCUT2D eigenvalue weighted by atomic mass is 19.1. The van der Waals surface area contributed by atoms with Gasteiger partial charge >= 0.3 is 6.01 Å². The number of aromatic nitrogens is 2. The number of nitrogens with zero attached hydrogens (tertiary/aromatic N) is 6. The molecule has 2 aromatic rings. The first kappa shape index (κ1) is 25.0. The first-order valence-corrected chi connectivity index (χ1v) is 13.7. The van der Waals surface area contributed by atoms with E-state index in [0.29, 0.717) is 17.9 Å². The number of aliphatic imine (C=N–C) groups is 1. The molecule has 1 aliphatic carbocycles. The highest BCUT2D eigenvalue weighted by molar-refractivity contribution is 6.05. The summed E-state index contributed by atoms with van der Waals surface area (Å²) >= 11 is 0. The molecule has 1 aromatic heterocycles. The summed E-state index contributed by atoms with van der Waals surface area (Å²) in [7, 11) is 0. The monoisotopic (exact) mass is 517 g/mol. The molecule has 0 saturated carbocycles. The van der Waals surface area contributed by atoms with Crippen molar-refractivity contribution in [2.45, 2.75) is 33.1 Å². The maximum atomic E-state index is 15.3. The van der Waals surface area contributed by atoms with E-state index in [-0.39, 0.29) is 17.6 Å². The predicted molar refractivity (Wildman–Crippen MR) is 150 cm³/mol. The summed E-state index contributed by atoms with van der Waals surface area (Å²) in [5, 5.41) is 3.30. The van der Waals surface area contributed by atoms with Crippen molar-refractivity contribution in [1.29, 1.82) is 0 Å². The summed E-state index contributed by atoms with van der Waals surface area (Å²) in [5.74, 6) is 1.89. The number of hydrogen-bond donors (Lipinski definition) is 1. The number of halogens is 1. The normalized spacial score (nSPS) is 19.9. The summed E-state index contributed by atoms with van der Waals surface area (Å²) in [5.41, 5.74) is 3.90. The van der Waals surface area contributed by atoms with Crippen molar-refractivity contribution < 1.29 is 9.13 Å². The number of nitrogens with one attached hydrogen (secondary N) is 1. The van der Waals surface area contributed by atoms with Gasteiger partial charge in [-0.1, -0.05) is 17.7 Å². The molecule has 3 aliphatic heterocycles. The molecule has 4 heterocycles. The molecular weight excluding hydrogens is 481 g/mol. The summed E-state index contributed by atoms with van der Waals surface area (Å²) in [6, 6.07) is 5.66. The minimum Gasteiger partial charge on any atom is -0.421 e. The topological polar surface area (TPSA) is 69.1 Å². The van der Waals surface area contributed by atoms with Crippen LogP contribution in [0.5, 0.6) is 11.8 Å². The second-order valence-electron chi connectivity index (χ2n) is 10.8. The lowest BCUT2D eigenvalue weighted by Crippen LogP contribution is -2.48. The lowest BCUT2D eigenvalue weighted by Gasteiger charge is -2.36. The van der Waals surface area contributed by atoms with Crippen molar-refractivity contribution in [2.24, 2.45) is 4.99 Å². The lowest BCUT2D eigenvalue weighted by atomic mass is 10.1. The van der Waals surface area contributed by atoms with E-state index in [1.165, 1.54) is 31.5 Å². The second kappa shape index (κ2) is 10.8. The Kier molecular flexibility index (Phi) is 7.12. The quantitative estimate of drug-likeness (QED) is 0.586. The third kappa shape index (κ3) is 5.59. The van der Waals surface area contributed by atoms with E-state index in [4.69, 9.17) is 9.72 Å². The molecule has 2 saturated heterocycles. The molecule has 0 amide bonds. The molecular formula is C29H36FN7O. The van der Waals surface area contributed by atoms with Crippen LogP contribution in [0.3, 0.4) is 0 Å². The van der Waals surface area contributed by atoms with Crippen LogP contribution in [0, 0.1) is 5.82 Å². The summed E-state index contributed by atoms with van der Waals surface area (Å²) in [4.78, 5) is 21.2. The molecule has 38 heavy (non-hydrogen) atoms. The second-order valence-corrected chi connectivity index (χ2v) is 10.8. The van der Waals surface area contributed by atoms with Gasteiger partial charge in [0.15, 0.2) is 11.6 Å². The molecule has 9 heteroatoms. The minimum atomic E-state index is -0.367. The zero-order valence-corrected chi connectivity index (χ0v) is 22.3. The molecule has 4 aliphatic rings. The van der Waals surface area contributed by atoms with Gasteiger partial charge in [-0.15, -0.1) is 0 Å². The van der Waals surface area contributed by atoms with Crippen molar-refractivity contribution >= 4 is 23.5 Å². The van der Waals surface area contributed by atoms with E-state index in [0.717, 1.165) is 68.5 Å². The zero-order valence-electron chi connectivity index (χ0n) is 22.3. The number of hydrogen-bond acceptors (Lipinski definition) is 8. The smallest absolute Gasteiger partial charge is 0.326 e. The van der Waals surface area contributed by atoms with Gasteiger partial charge in [0.25, 0.3) is 0 Å². The summed E-state index contributed by atoms with van der Waals surface area (Å²) in [6.45, 7) is 13.2. The van der Waals surface area contributed by atoms with E-state index < -0.39 is 0 Å². The maximum absolute atomic E-state index is 15.3. The third-order valence-corrected chi connectivity index (χ3v) is 7.75. The van der Waals surface area contributed by atoms with Crippen LogP contribution in [0.25, 0.3) is 6.08 Å². The van der Waals surface area contributed by atoms with E-state index in [9.17, 15) is 0 Å². The van der Waals surface area contributed by atoms with E-state index in [2.05, 4.69) is 30.0 Å². The predicted octanol–water partition coefficient (Wildman–Crippen LogP) is 4.36. The fourth-order valence-electron chi connectivity index (χ4n) is 5.61. The average Bonchev–Trinajstić information content (AvgIpc) is 3.66. The van der Waals surface area contributed by atoms with Crippen LogP contribution < -0.4 is 15.0 Å². The van der Waals surface area contributed by atoms with Gasteiger partial charge in [-0.05, 0) is 69.5 Å². The first-order chi connectivity index (χ1) is 18.5. The fraction of sp³-hybridized carbons (Fsp3) is 0.483. The Bertz CT molecular complexity index is 1290. The van der Waals surface area contributed by atoms with Crippen molar-refractivity contribution in [3.63, 3.8) is 0 Å². The highest BCUT2D eigenvalue weighted by Gasteiger charge is 2.23. The van der Waals surface area contributed by atoms with Crippen LogP contribution in [0.4, 0.5) is 16.0 Å². The Morgan fingerprint density at radius 2 is 1.68 bits per heavy atom. The van der Waals surface area contributed by atoms with E-state index >= 15 is 4.39 Å². The number of likely N-dealkylation sites (tertiary alicyclic amines) is 1. The van der Waals surface area contributed by atoms with Crippen LogP contribution in [-0.4, -0.2) is 84.5 Å². The molecule has 1 N–H and O–H groups in total. The third-order valence-electron chi connectivity index (χ3n) is 7.75. The van der Waals surface area contributed by atoms with Gasteiger partial charge < -0.3 is 19.9 Å². The van der Waals surface area contributed by atoms with Gasteiger partial charge in [-0.3, -0.25) is 9.89 Å². The summed E-state index contributed by atoms with van der Waals surface area (Å²) in [6.07, 6.45) is 7.32. The van der Waals surface area contributed by atoms with Crippen LogP contribution >= 0.6 is 0 Å². The molecule has 8 nitrogen and oxygen atoms in total. The first-order valence-electron chi connectivity index (χ1n) is 13.7. The van der Waals surface area contributed by atoms with Crippen molar-refractivity contribution in [2.75, 3.05) is 69.1 Å². The Balaban J connectivity index is 1.20. The average molecular weight is 518 g/mol. The highest BCUT2D eigenvalue weighted by Crippen LogP contribution is 2.34. The summed E-state index contributed by atoms with van der Waals surface area (Å²) < 4.78 is 21.3. The Hall–Kier alpha value is -3.30. The van der Waals surface area contributed by atoms with Crippen LogP contribution in [0.1, 0.15) is 37.8 Å². The SMILES string of the molecule is CC1=CC(Nc2cc(N3CCN(CCN4CCCC4)CC3)nc(Oc3ccc4c(c3F)C=C(C)C4)n2)=NC1. The Morgan fingerprint density at radius 1 is 0.921 bits per heavy atom. The Morgan fingerprint density at radius 3 is 2.42 bits per heavy atom. The lowest BCUT2D eigenvalue weighted by molar-refractivity contribution is 0.215. The molecule has 0 spiro atoms. The van der Waals surface area contributed by atoms with Gasteiger partial charge in [0.2, 0.25) is 0 Å². The van der Waals surface area contributed by atoms with Crippen molar-refractivity contribution in [1.82, 2.24) is 19.8 Å².